The molecule has 0 aliphatic carbocycles. The van der Waals surface area contributed by atoms with Crippen molar-refractivity contribution in [3.05, 3.63) is 34.1 Å². The number of hydrogen-bond acceptors (Lipinski definition) is 4. The third kappa shape index (κ3) is 2.01. The van der Waals surface area contributed by atoms with Crippen LogP contribution in [0.25, 0.3) is 0 Å². The fraction of sp³-hybridized carbons (Fsp3) is 0.200. The van der Waals surface area contributed by atoms with Crippen LogP contribution < -0.4 is 0 Å². The summed E-state index contributed by atoms with van der Waals surface area (Å²) in [6, 6.07) is 0. The molecule has 4 nitrogen and oxygen atoms in total. The van der Waals surface area contributed by atoms with Crippen molar-refractivity contribution < 1.29 is 37.0 Å². The number of carbonyl (C=O) groups is 2. The van der Waals surface area contributed by atoms with Gasteiger partial charge in [-0.2, -0.15) is 0 Å². The first-order chi connectivity index (χ1) is 8.36. The number of rotatable bonds is 2. The first-order valence-corrected chi connectivity index (χ1v) is 4.45. The normalized spacial score (nSPS) is 10.1. The molecular formula is C10H6F4O4. The fourth-order valence-corrected chi connectivity index (χ4v) is 1.34. The average molecular weight is 266 g/mol. The van der Waals surface area contributed by atoms with Crippen molar-refractivity contribution >= 4 is 11.9 Å². The quantitative estimate of drug-likeness (QED) is 0.468. The number of carbonyl (C=O) groups excluding carboxylic acids is 2. The predicted molar refractivity (Wildman–Crippen MR) is 48.9 cm³/mol. The molecule has 1 aromatic rings. The van der Waals surface area contributed by atoms with E-state index in [0.717, 1.165) is 14.0 Å². The largest absolute Gasteiger partial charge is 0.465 e. The molecule has 0 saturated carbocycles. The number of esters is 1. The Labute approximate surface area is 98.0 Å². The van der Waals surface area contributed by atoms with E-state index in [0.29, 0.717) is 0 Å². The van der Waals surface area contributed by atoms with Gasteiger partial charge in [-0.05, 0) is 6.92 Å². The highest BCUT2D eigenvalue weighted by Gasteiger charge is 2.31. The van der Waals surface area contributed by atoms with Crippen LogP contribution in [0.5, 0.6) is 0 Å². The third-order valence-corrected chi connectivity index (χ3v) is 2.22. The first kappa shape index (κ1) is 13.9. The summed E-state index contributed by atoms with van der Waals surface area (Å²) in [7, 11) is 0.876. The SMILES string of the molecule is COC(=O)c1c(C)c(F)c(C(=O)OF)c(F)c1F. The van der Waals surface area contributed by atoms with Gasteiger partial charge in [0, 0.05) is 10.1 Å². The van der Waals surface area contributed by atoms with Crippen LogP contribution in [-0.2, 0) is 9.68 Å². The standard InChI is InChI=1S/C10H6F4O4/c1-3-4(9(15)17-2)7(12)8(13)5(6(3)11)10(16)18-14/h1-2H3. The molecule has 1 aromatic carbocycles. The number of halogens is 4. The Bertz CT molecular complexity index is 451. The molecular weight excluding hydrogens is 260 g/mol. The molecule has 0 fully saturated rings. The molecule has 0 saturated heterocycles. The van der Waals surface area contributed by atoms with Crippen molar-refractivity contribution in [3.8, 4) is 0 Å². The molecule has 0 heterocycles. The van der Waals surface area contributed by atoms with Gasteiger partial charge in [0.25, 0.3) is 0 Å². The summed E-state index contributed by atoms with van der Waals surface area (Å²) in [6.45, 7) is 0.902. The van der Waals surface area contributed by atoms with Gasteiger partial charge in [0.15, 0.2) is 11.6 Å². The molecule has 0 atom stereocenters. The smallest absolute Gasteiger partial charge is 0.385 e. The summed E-state index contributed by atoms with van der Waals surface area (Å²) >= 11 is 0. The second-order valence-corrected chi connectivity index (χ2v) is 3.17. The molecule has 0 N–H and O–H groups in total. The van der Waals surface area contributed by atoms with Gasteiger partial charge in [-0.1, -0.05) is 0 Å². The Kier molecular flexibility index (Phi) is 3.89. The van der Waals surface area contributed by atoms with E-state index in [1.54, 1.807) is 0 Å². The van der Waals surface area contributed by atoms with Gasteiger partial charge in [0.2, 0.25) is 0 Å². The van der Waals surface area contributed by atoms with Crippen LogP contribution in [0.1, 0.15) is 26.3 Å². The van der Waals surface area contributed by atoms with Crippen LogP contribution in [0.2, 0.25) is 0 Å². The van der Waals surface area contributed by atoms with Gasteiger partial charge in [0.1, 0.15) is 16.9 Å². The summed E-state index contributed by atoms with van der Waals surface area (Å²) < 4.78 is 56.1. The fourth-order valence-electron chi connectivity index (χ4n) is 1.34. The maximum Gasteiger partial charge on any atom is 0.385 e. The van der Waals surface area contributed by atoms with Crippen LogP contribution >= 0.6 is 0 Å². The average Bonchev–Trinajstić information content (AvgIpc) is 2.36. The van der Waals surface area contributed by atoms with E-state index in [-0.39, 0.29) is 0 Å². The second-order valence-electron chi connectivity index (χ2n) is 3.17. The van der Waals surface area contributed by atoms with Crippen molar-refractivity contribution in [1.82, 2.24) is 0 Å². The minimum absolute atomic E-state index is 0.693. The molecule has 0 radical (unpaired) electrons. The lowest BCUT2D eigenvalue weighted by atomic mass is 10.0. The third-order valence-electron chi connectivity index (χ3n) is 2.22. The summed E-state index contributed by atoms with van der Waals surface area (Å²) in [5.41, 5.74) is -3.26. The molecule has 0 spiro atoms. The van der Waals surface area contributed by atoms with Crippen molar-refractivity contribution in [2.24, 2.45) is 0 Å². The maximum atomic E-state index is 13.6. The summed E-state index contributed by atoms with van der Waals surface area (Å²) in [5.74, 6) is -8.81. The van der Waals surface area contributed by atoms with E-state index in [1.165, 1.54) is 0 Å². The van der Waals surface area contributed by atoms with Gasteiger partial charge < -0.3 is 4.74 Å². The number of benzene rings is 1. The van der Waals surface area contributed by atoms with Gasteiger partial charge in [-0.15, -0.1) is 0 Å². The highest BCUT2D eigenvalue weighted by atomic mass is 19.3. The highest BCUT2D eigenvalue weighted by molar-refractivity contribution is 5.95. The number of hydrogen-bond donors (Lipinski definition) is 0. The monoisotopic (exact) mass is 266 g/mol. The van der Waals surface area contributed by atoms with E-state index in [4.69, 9.17) is 0 Å². The Balaban J connectivity index is 3.66. The molecule has 1 rings (SSSR count). The molecule has 0 unspecified atom stereocenters. The Morgan fingerprint density at radius 1 is 0.944 bits per heavy atom. The summed E-state index contributed by atoms with van der Waals surface area (Å²) in [5, 5.41) is 0. The van der Waals surface area contributed by atoms with Crippen LogP contribution in [0.4, 0.5) is 17.7 Å². The molecule has 98 valence electrons. The Morgan fingerprint density at radius 3 is 1.89 bits per heavy atom. The van der Waals surface area contributed by atoms with Crippen LogP contribution in [-0.4, -0.2) is 19.0 Å². The van der Waals surface area contributed by atoms with Gasteiger partial charge in [-0.3, -0.25) is 0 Å². The van der Waals surface area contributed by atoms with Gasteiger partial charge in [-0.25, -0.2) is 27.7 Å². The van der Waals surface area contributed by atoms with E-state index >= 15 is 0 Å². The number of methoxy groups -OCH3 is 1. The van der Waals surface area contributed by atoms with E-state index < -0.39 is 46.1 Å². The zero-order valence-electron chi connectivity index (χ0n) is 9.14. The minimum atomic E-state index is -2.04. The minimum Gasteiger partial charge on any atom is -0.465 e. The van der Waals surface area contributed by atoms with Gasteiger partial charge >= 0.3 is 11.9 Å². The first-order valence-electron chi connectivity index (χ1n) is 4.45. The van der Waals surface area contributed by atoms with Crippen molar-refractivity contribution in [3.63, 3.8) is 0 Å². The van der Waals surface area contributed by atoms with E-state index in [2.05, 4.69) is 9.68 Å². The van der Waals surface area contributed by atoms with Crippen molar-refractivity contribution in [2.45, 2.75) is 6.92 Å². The van der Waals surface area contributed by atoms with E-state index in [9.17, 15) is 27.3 Å². The summed E-state index contributed by atoms with van der Waals surface area (Å²) in [6.07, 6.45) is 0. The highest BCUT2D eigenvalue weighted by Crippen LogP contribution is 2.26. The Hall–Kier alpha value is -2.12. The molecule has 0 aliphatic heterocycles. The topological polar surface area (TPSA) is 52.6 Å². The predicted octanol–water partition coefficient (Wildman–Crippen LogP) is 2.24. The van der Waals surface area contributed by atoms with Crippen LogP contribution in [0.3, 0.4) is 0 Å². The lowest BCUT2D eigenvalue weighted by molar-refractivity contribution is -0.0796. The van der Waals surface area contributed by atoms with Crippen LogP contribution in [0.15, 0.2) is 0 Å². The lowest BCUT2D eigenvalue weighted by Crippen LogP contribution is -2.16. The molecule has 0 amide bonds. The molecule has 8 heteroatoms. The zero-order valence-corrected chi connectivity index (χ0v) is 9.14. The molecule has 0 aliphatic rings. The lowest BCUT2D eigenvalue weighted by Gasteiger charge is -2.10. The number of ether oxygens (including phenoxy) is 1. The molecule has 0 aromatic heterocycles. The van der Waals surface area contributed by atoms with Crippen molar-refractivity contribution in [1.29, 1.82) is 0 Å². The van der Waals surface area contributed by atoms with Crippen LogP contribution in [0, 0.1) is 24.4 Å². The molecule has 0 bridgehead atoms. The van der Waals surface area contributed by atoms with Crippen molar-refractivity contribution in [2.75, 3.05) is 7.11 Å². The van der Waals surface area contributed by atoms with Gasteiger partial charge in [0.05, 0.1) is 7.11 Å². The maximum absolute atomic E-state index is 13.6. The zero-order chi connectivity index (χ0) is 14.0. The Morgan fingerprint density at radius 2 is 1.44 bits per heavy atom. The van der Waals surface area contributed by atoms with E-state index in [1.807, 2.05) is 0 Å². The molecule has 18 heavy (non-hydrogen) atoms. The summed E-state index contributed by atoms with van der Waals surface area (Å²) in [4.78, 5) is 24.5. The second kappa shape index (κ2) is 5.03.